The minimum absolute atomic E-state index is 0.0492. The lowest BCUT2D eigenvalue weighted by molar-refractivity contribution is 0.00578. The summed E-state index contributed by atoms with van der Waals surface area (Å²) in [6, 6.07) is 3.14. The number of rotatable bonds is 5. The highest BCUT2D eigenvalue weighted by molar-refractivity contribution is 6.62. The number of amides is 1. The summed E-state index contributed by atoms with van der Waals surface area (Å²) in [5.74, 6) is -1.11. The molecule has 0 aromatic heterocycles. The van der Waals surface area contributed by atoms with Crippen LogP contribution in [0.5, 0.6) is 0 Å². The molecular weight excluding hydrogens is 337 g/mol. The SMILES string of the molecule is C=CCOC(=O)Nc1cc(B2OC(C)(C)C(C)(C)O2)cc(C(=O)O)c1C. The van der Waals surface area contributed by atoms with Crippen molar-refractivity contribution in [2.75, 3.05) is 11.9 Å². The molecule has 2 rings (SSSR count). The monoisotopic (exact) mass is 361 g/mol. The molecule has 0 bridgehead atoms. The number of ether oxygens (including phenoxy) is 1. The summed E-state index contributed by atoms with van der Waals surface area (Å²) in [7, 11) is -0.747. The number of carboxylic acids is 1. The van der Waals surface area contributed by atoms with E-state index in [1.807, 2.05) is 27.7 Å². The largest absolute Gasteiger partial charge is 0.494 e. The number of anilines is 1. The molecule has 7 nitrogen and oxygen atoms in total. The minimum atomic E-state index is -1.11. The normalized spacial score (nSPS) is 17.7. The molecule has 0 atom stereocenters. The van der Waals surface area contributed by atoms with Crippen molar-refractivity contribution in [1.82, 2.24) is 0 Å². The fraction of sp³-hybridized carbons (Fsp3) is 0.444. The summed E-state index contributed by atoms with van der Waals surface area (Å²) in [5, 5.41) is 12.1. The number of hydrogen-bond donors (Lipinski definition) is 2. The summed E-state index contributed by atoms with van der Waals surface area (Å²) in [6.45, 7) is 12.8. The van der Waals surface area contributed by atoms with Gasteiger partial charge in [0.25, 0.3) is 0 Å². The van der Waals surface area contributed by atoms with E-state index in [1.54, 1.807) is 13.0 Å². The van der Waals surface area contributed by atoms with Gasteiger partial charge in [0.1, 0.15) is 6.61 Å². The predicted octanol–water partition coefficient (Wildman–Crippen LogP) is 2.73. The molecule has 1 heterocycles. The Labute approximate surface area is 153 Å². The lowest BCUT2D eigenvalue weighted by Crippen LogP contribution is -2.41. The highest BCUT2D eigenvalue weighted by atomic mass is 16.7. The predicted molar refractivity (Wildman–Crippen MR) is 99.0 cm³/mol. The summed E-state index contributed by atoms with van der Waals surface area (Å²) < 4.78 is 16.9. The topological polar surface area (TPSA) is 94.1 Å². The number of carboxylic acid groups (broad SMARTS) is 1. The molecule has 1 aromatic rings. The van der Waals surface area contributed by atoms with Crippen LogP contribution >= 0.6 is 0 Å². The van der Waals surface area contributed by atoms with Crippen molar-refractivity contribution in [3.05, 3.63) is 35.9 Å². The van der Waals surface area contributed by atoms with E-state index in [-0.39, 0.29) is 12.2 Å². The second-order valence-corrected chi connectivity index (χ2v) is 7.15. The van der Waals surface area contributed by atoms with Gasteiger partial charge in [-0.1, -0.05) is 12.7 Å². The van der Waals surface area contributed by atoms with Crippen LogP contribution in [0.2, 0.25) is 0 Å². The second kappa shape index (κ2) is 7.13. The third-order valence-corrected chi connectivity index (χ3v) is 4.75. The van der Waals surface area contributed by atoms with Crippen molar-refractivity contribution < 1.29 is 28.7 Å². The van der Waals surface area contributed by atoms with Gasteiger partial charge in [-0.15, -0.1) is 0 Å². The number of nitrogens with one attached hydrogen (secondary N) is 1. The van der Waals surface area contributed by atoms with E-state index in [2.05, 4.69) is 11.9 Å². The maximum absolute atomic E-state index is 11.9. The Morgan fingerprint density at radius 2 is 1.85 bits per heavy atom. The van der Waals surface area contributed by atoms with Gasteiger partial charge < -0.3 is 19.2 Å². The number of carbonyl (C=O) groups is 2. The van der Waals surface area contributed by atoms with E-state index in [0.29, 0.717) is 16.7 Å². The Morgan fingerprint density at radius 1 is 1.27 bits per heavy atom. The van der Waals surface area contributed by atoms with E-state index >= 15 is 0 Å². The van der Waals surface area contributed by atoms with Gasteiger partial charge in [-0.2, -0.15) is 0 Å². The van der Waals surface area contributed by atoms with E-state index in [4.69, 9.17) is 14.0 Å². The van der Waals surface area contributed by atoms with E-state index in [1.165, 1.54) is 12.1 Å². The number of carbonyl (C=O) groups excluding carboxylic acids is 1. The maximum atomic E-state index is 11.9. The molecule has 1 fully saturated rings. The van der Waals surface area contributed by atoms with Crippen LogP contribution in [0.25, 0.3) is 0 Å². The molecule has 2 N–H and O–H groups in total. The Hall–Kier alpha value is -2.32. The van der Waals surface area contributed by atoms with E-state index in [9.17, 15) is 14.7 Å². The van der Waals surface area contributed by atoms with Gasteiger partial charge in [0.15, 0.2) is 0 Å². The molecule has 1 saturated heterocycles. The van der Waals surface area contributed by atoms with Crippen LogP contribution < -0.4 is 10.8 Å². The Balaban J connectivity index is 2.40. The van der Waals surface area contributed by atoms with Gasteiger partial charge in [-0.25, -0.2) is 9.59 Å². The van der Waals surface area contributed by atoms with Crippen LogP contribution in [-0.4, -0.2) is 42.1 Å². The van der Waals surface area contributed by atoms with Crippen LogP contribution in [0.1, 0.15) is 43.6 Å². The zero-order valence-corrected chi connectivity index (χ0v) is 15.7. The van der Waals surface area contributed by atoms with Gasteiger partial charge >= 0.3 is 19.2 Å². The minimum Gasteiger partial charge on any atom is -0.478 e. The lowest BCUT2D eigenvalue weighted by Gasteiger charge is -2.32. The Morgan fingerprint density at radius 3 is 2.35 bits per heavy atom. The van der Waals surface area contributed by atoms with Gasteiger partial charge in [-0.05, 0) is 57.8 Å². The third-order valence-electron chi connectivity index (χ3n) is 4.75. The van der Waals surface area contributed by atoms with Crippen LogP contribution in [0, 0.1) is 6.92 Å². The zero-order chi connectivity index (χ0) is 19.7. The fourth-order valence-corrected chi connectivity index (χ4v) is 2.48. The van der Waals surface area contributed by atoms with Gasteiger partial charge in [0.05, 0.1) is 16.8 Å². The quantitative estimate of drug-likeness (QED) is 0.619. The van der Waals surface area contributed by atoms with E-state index in [0.717, 1.165) is 0 Å². The van der Waals surface area contributed by atoms with Crippen molar-refractivity contribution in [2.24, 2.45) is 0 Å². The Bertz CT molecular complexity index is 727. The second-order valence-electron chi connectivity index (χ2n) is 7.15. The number of benzene rings is 1. The average Bonchev–Trinajstić information content (AvgIpc) is 2.75. The molecule has 1 amide bonds. The Kier molecular flexibility index (Phi) is 5.48. The van der Waals surface area contributed by atoms with Crippen molar-refractivity contribution in [1.29, 1.82) is 0 Å². The summed E-state index contributed by atoms with van der Waals surface area (Å²) in [6.07, 6.45) is 0.742. The summed E-state index contributed by atoms with van der Waals surface area (Å²) in [4.78, 5) is 23.5. The third kappa shape index (κ3) is 3.91. The van der Waals surface area contributed by atoms with Crippen molar-refractivity contribution in [3.8, 4) is 0 Å². The van der Waals surface area contributed by atoms with Crippen molar-refractivity contribution in [2.45, 2.75) is 45.8 Å². The van der Waals surface area contributed by atoms with Crippen LogP contribution in [0.15, 0.2) is 24.8 Å². The van der Waals surface area contributed by atoms with Crippen LogP contribution in [0.4, 0.5) is 10.5 Å². The summed E-state index contributed by atoms with van der Waals surface area (Å²) in [5.41, 5.74) is 0.157. The summed E-state index contributed by atoms with van der Waals surface area (Å²) >= 11 is 0. The maximum Gasteiger partial charge on any atom is 0.494 e. The number of aromatic carboxylic acids is 1. The molecular formula is C18H24BNO6. The highest BCUT2D eigenvalue weighted by Gasteiger charge is 2.52. The average molecular weight is 361 g/mol. The zero-order valence-electron chi connectivity index (χ0n) is 15.7. The van der Waals surface area contributed by atoms with Crippen LogP contribution in [0.3, 0.4) is 0 Å². The highest BCUT2D eigenvalue weighted by Crippen LogP contribution is 2.36. The smallest absolute Gasteiger partial charge is 0.478 e. The van der Waals surface area contributed by atoms with Gasteiger partial charge in [0.2, 0.25) is 0 Å². The van der Waals surface area contributed by atoms with Crippen molar-refractivity contribution in [3.63, 3.8) is 0 Å². The van der Waals surface area contributed by atoms with Crippen LogP contribution in [-0.2, 0) is 14.0 Å². The first-order chi connectivity index (χ1) is 12.0. The first-order valence-electron chi connectivity index (χ1n) is 8.26. The molecule has 1 aromatic carbocycles. The van der Waals surface area contributed by atoms with Crippen molar-refractivity contribution >= 4 is 30.3 Å². The first-order valence-corrected chi connectivity index (χ1v) is 8.26. The molecule has 0 aliphatic carbocycles. The van der Waals surface area contributed by atoms with E-state index < -0.39 is 30.4 Å². The molecule has 0 radical (unpaired) electrons. The van der Waals surface area contributed by atoms with Gasteiger partial charge in [0, 0.05) is 5.69 Å². The fourth-order valence-electron chi connectivity index (χ4n) is 2.48. The molecule has 1 aliphatic heterocycles. The molecule has 8 heteroatoms. The molecule has 0 spiro atoms. The molecule has 0 saturated carbocycles. The molecule has 0 unspecified atom stereocenters. The number of hydrogen-bond acceptors (Lipinski definition) is 5. The first kappa shape index (κ1) is 20.0. The lowest BCUT2D eigenvalue weighted by atomic mass is 9.77. The molecule has 26 heavy (non-hydrogen) atoms. The molecule has 1 aliphatic rings. The standard InChI is InChI=1S/C18H24BNO6/c1-7-8-24-16(23)20-14-10-12(9-13(11(14)2)15(21)22)19-25-17(3,4)18(5,6)26-19/h7,9-10H,1,8H2,2-6H3,(H,20,23)(H,21,22). The molecule has 140 valence electrons. The van der Waals surface area contributed by atoms with Gasteiger partial charge in [-0.3, -0.25) is 5.32 Å².